The van der Waals surface area contributed by atoms with Gasteiger partial charge in [-0.2, -0.15) is 0 Å². The van der Waals surface area contributed by atoms with Crippen LogP contribution in [0.3, 0.4) is 0 Å². The normalized spacial score (nSPS) is 11.7. The van der Waals surface area contributed by atoms with Crippen LogP contribution in [0.2, 0.25) is 0 Å². The van der Waals surface area contributed by atoms with Gasteiger partial charge < -0.3 is 5.32 Å². The maximum Gasteiger partial charge on any atom is 0.261 e. The molecule has 0 saturated carbocycles. The van der Waals surface area contributed by atoms with Crippen molar-refractivity contribution >= 4 is 17.7 Å². The number of carbonyl (C=O) groups is 3. The zero-order valence-corrected chi connectivity index (χ0v) is 12.8. The van der Waals surface area contributed by atoms with E-state index >= 15 is 0 Å². The van der Waals surface area contributed by atoms with Crippen LogP contribution in [-0.2, 0) is 20.8 Å². The summed E-state index contributed by atoms with van der Waals surface area (Å²) in [6.45, 7) is 4.87. The first-order valence-corrected chi connectivity index (χ1v) is 6.90. The van der Waals surface area contributed by atoms with Gasteiger partial charge in [-0.3, -0.25) is 25.2 Å². The van der Waals surface area contributed by atoms with Crippen LogP contribution < -0.4 is 16.2 Å². The molecule has 3 N–H and O–H groups in total. The quantitative estimate of drug-likeness (QED) is 0.699. The van der Waals surface area contributed by atoms with Crippen molar-refractivity contribution in [1.82, 2.24) is 16.2 Å². The van der Waals surface area contributed by atoms with E-state index < -0.39 is 17.9 Å². The Morgan fingerprint density at radius 2 is 1.68 bits per heavy atom. The van der Waals surface area contributed by atoms with Gasteiger partial charge in [0.05, 0.1) is 6.42 Å². The number of benzene rings is 1. The van der Waals surface area contributed by atoms with Crippen molar-refractivity contribution in [2.45, 2.75) is 33.2 Å². The van der Waals surface area contributed by atoms with Gasteiger partial charge in [0, 0.05) is 6.92 Å². The molecule has 1 rings (SSSR count). The number of hydrogen-bond acceptors (Lipinski definition) is 3. The molecule has 120 valence electrons. The first-order valence-electron chi connectivity index (χ1n) is 6.90. The predicted octanol–water partition coefficient (Wildman–Crippen LogP) is 0.676. The molecular weight excluding hydrogens is 289 g/mol. The second-order valence-corrected chi connectivity index (χ2v) is 5.26. The summed E-state index contributed by atoms with van der Waals surface area (Å²) in [7, 11) is 0. The Labute approximate surface area is 128 Å². The molecule has 6 nitrogen and oxygen atoms in total. The smallest absolute Gasteiger partial charge is 0.261 e. The van der Waals surface area contributed by atoms with Crippen LogP contribution in [0.15, 0.2) is 24.3 Å². The third kappa shape index (κ3) is 5.90. The van der Waals surface area contributed by atoms with E-state index in [4.69, 9.17) is 0 Å². The first kappa shape index (κ1) is 17.6. The molecule has 7 heteroatoms. The van der Waals surface area contributed by atoms with Crippen LogP contribution in [-0.4, -0.2) is 23.8 Å². The number of hydrazine groups is 1. The highest BCUT2D eigenvalue weighted by Crippen LogP contribution is 2.03. The van der Waals surface area contributed by atoms with Crippen LogP contribution in [0.5, 0.6) is 0 Å². The van der Waals surface area contributed by atoms with Crippen molar-refractivity contribution in [3.63, 3.8) is 0 Å². The van der Waals surface area contributed by atoms with Crippen LogP contribution in [0.25, 0.3) is 0 Å². The topological polar surface area (TPSA) is 87.3 Å². The highest BCUT2D eigenvalue weighted by molar-refractivity contribution is 5.89. The summed E-state index contributed by atoms with van der Waals surface area (Å²) in [5.41, 5.74) is 5.16. The molecule has 0 aliphatic heterocycles. The molecule has 1 aromatic rings. The Balaban J connectivity index is 2.49. The molecule has 1 unspecified atom stereocenters. The zero-order valence-electron chi connectivity index (χ0n) is 12.8. The Hall–Kier alpha value is -2.44. The molecule has 1 aromatic carbocycles. The summed E-state index contributed by atoms with van der Waals surface area (Å²) < 4.78 is 12.8. The second kappa shape index (κ2) is 8.11. The molecular formula is C15H20FN3O3. The van der Waals surface area contributed by atoms with E-state index in [1.807, 2.05) is 0 Å². The van der Waals surface area contributed by atoms with E-state index in [1.54, 1.807) is 13.8 Å². The Bertz CT molecular complexity index is 543. The van der Waals surface area contributed by atoms with E-state index in [-0.39, 0.29) is 24.1 Å². The molecule has 0 saturated heterocycles. The molecule has 0 fully saturated rings. The summed E-state index contributed by atoms with van der Waals surface area (Å²) in [4.78, 5) is 34.7. The minimum Gasteiger partial charge on any atom is -0.344 e. The lowest BCUT2D eigenvalue weighted by atomic mass is 10.0. The largest absolute Gasteiger partial charge is 0.344 e. The summed E-state index contributed by atoms with van der Waals surface area (Å²) in [6, 6.07) is 4.76. The number of halogens is 1. The van der Waals surface area contributed by atoms with E-state index in [0.717, 1.165) is 0 Å². The van der Waals surface area contributed by atoms with Crippen molar-refractivity contribution in [3.05, 3.63) is 35.6 Å². The van der Waals surface area contributed by atoms with E-state index in [1.165, 1.54) is 31.2 Å². The fourth-order valence-electron chi connectivity index (χ4n) is 1.79. The Morgan fingerprint density at radius 1 is 1.09 bits per heavy atom. The molecule has 0 aromatic heterocycles. The summed E-state index contributed by atoms with van der Waals surface area (Å²) in [5.74, 6) is -1.78. The number of hydrogen-bond donors (Lipinski definition) is 3. The Morgan fingerprint density at radius 3 is 2.18 bits per heavy atom. The van der Waals surface area contributed by atoms with Gasteiger partial charge in [0.2, 0.25) is 11.8 Å². The average Bonchev–Trinajstić information content (AvgIpc) is 2.44. The number of rotatable bonds is 5. The molecule has 0 aliphatic rings. The van der Waals surface area contributed by atoms with Crippen molar-refractivity contribution in [2.75, 3.05) is 0 Å². The number of nitrogens with one attached hydrogen (secondary N) is 3. The summed E-state index contributed by atoms with van der Waals surface area (Å²) in [5, 5.41) is 2.51. The minimum absolute atomic E-state index is 0.00699. The van der Waals surface area contributed by atoms with Gasteiger partial charge in [0.15, 0.2) is 0 Å². The monoisotopic (exact) mass is 309 g/mol. The average molecular weight is 309 g/mol. The highest BCUT2D eigenvalue weighted by atomic mass is 19.1. The van der Waals surface area contributed by atoms with Crippen LogP contribution in [0.4, 0.5) is 4.39 Å². The van der Waals surface area contributed by atoms with Gasteiger partial charge in [-0.05, 0) is 23.6 Å². The predicted molar refractivity (Wildman–Crippen MR) is 78.8 cm³/mol. The fourth-order valence-corrected chi connectivity index (χ4v) is 1.79. The molecule has 0 bridgehead atoms. The SMILES string of the molecule is CC(=O)NC(C(=O)NNC(=O)Cc1ccc(F)cc1)C(C)C. The second-order valence-electron chi connectivity index (χ2n) is 5.26. The van der Waals surface area contributed by atoms with Crippen molar-refractivity contribution in [2.24, 2.45) is 5.92 Å². The molecule has 0 aliphatic carbocycles. The molecule has 1 atom stereocenters. The summed E-state index contributed by atoms with van der Waals surface area (Å²) >= 11 is 0. The van der Waals surface area contributed by atoms with E-state index in [0.29, 0.717) is 5.56 Å². The molecule has 0 radical (unpaired) electrons. The maximum absolute atomic E-state index is 12.8. The molecule has 22 heavy (non-hydrogen) atoms. The third-order valence-electron chi connectivity index (χ3n) is 2.91. The van der Waals surface area contributed by atoms with Crippen molar-refractivity contribution < 1.29 is 18.8 Å². The third-order valence-corrected chi connectivity index (χ3v) is 2.91. The van der Waals surface area contributed by atoms with Crippen LogP contribution in [0, 0.1) is 11.7 Å². The highest BCUT2D eigenvalue weighted by Gasteiger charge is 2.23. The minimum atomic E-state index is -0.733. The lowest BCUT2D eigenvalue weighted by Crippen LogP contribution is -2.54. The van der Waals surface area contributed by atoms with Gasteiger partial charge >= 0.3 is 0 Å². The lowest BCUT2D eigenvalue weighted by molar-refractivity contribution is -0.132. The van der Waals surface area contributed by atoms with Gasteiger partial charge in [-0.25, -0.2) is 4.39 Å². The van der Waals surface area contributed by atoms with Gasteiger partial charge in [0.25, 0.3) is 5.91 Å². The number of amides is 3. The van der Waals surface area contributed by atoms with E-state index in [9.17, 15) is 18.8 Å². The van der Waals surface area contributed by atoms with Gasteiger partial charge in [0.1, 0.15) is 11.9 Å². The van der Waals surface area contributed by atoms with Crippen molar-refractivity contribution in [3.8, 4) is 0 Å². The zero-order chi connectivity index (χ0) is 16.7. The Kier molecular flexibility index (Phi) is 6.49. The maximum atomic E-state index is 12.8. The molecule has 0 spiro atoms. The van der Waals surface area contributed by atoms with Crippen molar-refractivity contribution in [1.29, 1.82) is 0 Å². The first-order chi connectivity index (χ1) is 10.3. The van der Waals surface area contributed by atoms with E-state index in [2.05, 4.69) is 16.2 Å². The molecule has 3 amide bonds. The van der Waals surface area contributed by atoms with Crippen LogP contribution >= 0.6 is 0 Å². The van der Waals surface area contributed by atoms with Gasteiger partial charge in [-0.15, -0.1) is 0 Å². The lowest BCUT2D eigenvalue weighted by Gasteiger charge is -2.21. The summed E-state index contributed by atoms with van der Waals surface area (Å²) in [6.07, 6.45) is 0.00699. The number of carbonyl (C=O) groups excluding carboxylic acids is 3. The fraction of sp³-hybridized carbons (Fsp3) is 0.400. The molecule has 0 heterocycles. The standard InChI is InChI=1S/C15H20FN3O3/c1-9(2)14(17-10(3)20)15(22)19-18-13(21)8-11-4-6-12(16)7-5-11/h4-7,9,14H,8H2,1-3H3,(H,17,20)(H,18,21)(H,19,22). The van der Waals surface area contributed by atoms with Gasteiger partial charge in [-0.1, -0.05) is 26.0 Å². The van der Waals surface area contributed by atoms with Crippen LogP contribution in [0.1, 0.15) is 26.3 Å².